The van der Waals surface area contributed by atoms with Crippen LogP contribution in [0.3, 0.4) is 0 Å². The van der Waals surface area contributed by atoms with Crippen molar-refractivity contribution in [1.82, 2.24) is 5.32 Å². The van der Waals surface area contributed by atoms with Crippen LogP contribution in [0.1, 0.15) is 5.56 Å². The lowest BCUT2D eigenvalue weighted by Gasteiger charge is -1.97. The van der Waals surface area contributed by atoms with Gasteiger partial charge < -0.3 is 5.32 Å². The maximum atomic E-state index is 12.6. The van der Waals surface area contributed by atoms with Gasteiger partial charge in [-0.05, 0) is 23.8 Å². The number of hydrogen-bond acceptors (Lipinski definition) is 2. The van der Waals surface area contributed by atoms with E-state index in [4.69, 9.17) is 5.26 Å². The second-order valence-electron chi connectivity index (χ2n) is 2.80. The lowest BCUT2D eigenvalue weighted by molar-refractivity contribution is -0.116. The van der Waals surface area contributed by atoms with E-state index in [0.29, 0.717) is 5.56 Å². The number of nitrogens with one attached hydrogen (secondary N) is 1. The summed E-state index contributed by atoms with van der Waals surface area (Å²) in [6, 6.07) is 7.30. The van der Waals surface area contributed by atoms with E-state index in [-0.39, 0.29) is 11.4 Å². The number of carbonyl (C=O) groups is 1. The zero-order chi connectivity index (χ0) is 11.3. The summed E-state index contributed by atoms with van der Waals surface area (Å²) in [5, 5.41) is 11.0. The fraction of sp³-hybridized carbons (Fsp3) is 0.0909. The smallest absolute Gasteiger partial charge is 0.261 e. The molecule has 0 aromatic heterocycles. The minimum absolute atomic E-state index is 0.0101. The van der Waals surface area contributed by atoms with Gasteiger partial charge in [0, 0.05) is 7.05 Å². The number of hydrogen-bond donors (Lipinski definition) is 1. The van der Waals surface area contributed by atoms with Gasteiger partial charge >= 0.3 is 0 Å². The van der Waals surface area contributed by atoms with Crippen molar-refractivity contribution in [1.29, 1.82) is 5.26 Å². The number of nitriles is 1. The number of halogens is 1. The van der Waals surface area contributed by atoms with Crippen LogP contribution < -0.4 is 5.32 Å². The summed E-state index contributed by atoms with van der Waals surface area (Å²) in [5.41, 5.74) is 0.598. The lowest BCUT2D eigenvalue weighted by atomic mass is 10.1. The Hall–Kier alpha value is -2.15. The van der Waals surface area contributed by atoms with E-state index in [0.717, 1.165) is 0 Å². The number of nitrogens with zero attached hydrogens (tertiary/aromatic N) is 1. The van der Waals surface area contributed by atoms with Gasteiger partial charge in [-0.1, -0.05) is 12.1 Å². The maximum absolute atomic E-state index is 12.6. The Bertz CT molecular complexity index is 429. The van der Waals surface area contributed by atoms with Crippen LogP contribution in [-0.4, -0.2) is 13.0 Å². The first-order valence-electron chi connectivity index (χ1n) is 4.27. The molecule has 0 aliphatic carbocycles. The molecule has 1 aromatic carbocycles. The van der Waals surface area contributed by atoms with Crippen molar-refractivity contribution < 1.29 is 9.18 Å². The van der Waals surface area contributed by atoms with Gasteiger partial charge in [-0.15, -0.1) is 0 Å². The van der Waals surface area contributed by atoms with E-state index in [1.54, 1.807) is 6.07 Å². The molecule has 15 heavy (non-hydrogen) atoms. The van der Waals surface area contributed by atoms with Crippen LogP contribution in [0.2, 0.25) is 0 Å². The molecule has 0 spiro atoms. The Labute approximate surface area is 86.8 Å². The summed E-state index contributed by atoms with van der Waals surface area (Å²) >= 11 is 0. The number of amides is 1. The van der Waals surface area contributed by atoms with Crippen molar-refractivity contribution in [3.8, 4) is 6.07 Å². The van der Waals surface area contributed by atoms with Crippen molar-refractivity contribution in [2.24, 2.45) is 0 Å². The quantitative estimate of drug-likeness (QED) is 0.586. The van der Waals surface area contributed by atoms with Crippen LogP contribution >= 0.6 is 0 Å². The maximum Gasteiger partial charge on any atom is 0.261 e. The Morgan fingerprint density at radius 2 is 2.07 bits per heavy atom. The minimum Gasteiger partial charge on any atom is -0.354 e. The van der Waals surface area contributed by atoms with Gasteiger partial charge in [-0.2, -0.15) is 5.26 Å². The largest absolute Gasteiger partial charge is 0.354 e. The Balaban J connectivity index is 3.00. The van der Waals surface area contributed by atoms with Gasteiger partial charge in [0.05, 0.1) is 0 Å². The monoisotopic (exact) mass is 204 g/mol. The molecule has 0 radical (unpaired) electrons. The molecular formula is C11H9FN2O. The molecule has 0 aliphatic rings. The third-order valence-electron chi connectivity index (χ3n) is 1.77. The van der Waals surface area contributed by atoms with Crippen LogP contribution in [0.25, 0.3) is 6.08 Å². The molecule has 1 rings (SSSR count). The molecule has 0 bridgehead atoms. The topological polar surface area (TPSA) is 52.9 Å². The van der Waals surface area contributed by atoms with Gasteiger partial charge in [-0.25, -0.2) is 4.39 Å². The highest BCUT2D eigenvalue weighted by molar-refractivity contribution is 6.01. The van der Waals surface area contributed by atoms with Crippen LogP contribution in [0.4, 0.5) is 4.39 Å². The highest BCUT2D eigenvalue weighted by atomic mass is 19.1. The second-order valence-corrected chi connectivity index (χ2v) is 2.80. The normalized spacial score (nSPS) is 10.6. The van der Waals surface area contributed by atoms with E-state index in [9.17, 15) is 9.18 Å². The first kappa shape index (κ1) is 10.9. The molecule has 0 aliphatic heterocycles. The number of rotatable bonds is 2. The van der Waals surface area contributed by atoms with Crippen molar-refractivity contribution in [2.75, 3.05) is 7.05 Å². The fourth-order valence-electron chi connectivity index (χ4n) is 1.01. The molecule has 0 atom stereocenters. The van der Waals surface area contributed by atoms with E-state index in [1.165, 1.54) is 37.4 Å². The Morgan fingerprint density at radius 3 is 2.53 bits per heavy atom. The van der Waals surface area contributed by atoms with Crippen molar-refractivity contribution in [3.05, 3.63) is 41.2 Å². The molecule has 0 heterocycles. The van der Waals surface area contributed by atoms with Crippen molar-refractivity contribution >= 4 is 12.0 Å². The minimum atomic E-state index is -0.457. The average molecular weight is 204 g/mol. The Kier molecular flexibility index (Phi) is 3.58. The molecule has 76 valence electrons. The van der Waals surface area contributed by atoms with E-state index in [1.807, 2.05) is 0 Å². The number of benzene rings is 1. The molecule has 0 unspecified atom stereocenters. The molecule has 4 heteroatoms. The molecule has 0 saturated carbocycles. The third-order valence-corrected chi connectivity index (χ3v) is 1.77. The van der Waals surface area contributed by atoms with E-state index >= 15 is 0 Å². The molecular weight excluding hydrogens is 195 g/mol. The number of carbonyl (C=O) groups excluding carboxylic acids is 1. The molecule has 0 fully saturated rings. The highest BCUT2D eigenvalue weighted by Crippen LogP contribution is 2.07. The fourth-order valence-corrected chi connectivity index (χ4v) is 1.01. The average Bonchev–Trinajstić information content (AvgIpc) is 2.27. The molecule has 1 N–H and O–H groups in total. The summed E-state index contributed by atoms with van der Waals surface area (Å²) in [7, 11) is 1.44. The molecule has 3 nitrogen and oxygen atoms in total. The molecule has 1 amide bonds. The summed E-state index contributed by atoms with van der Waals surface area (Å²) in [6.07, 6.45) is 1.40. The molecule has 1 aromatic rings. The standard InChI is InChI=1S/C11H9FN2O/c1-14-11(15)9(7-13)6-8-2-4-10(12)5-3-8/h2-6H,1H3,(H,14,15)/b9-6-. The van der Waals surface area contributed by atoms with Crippen molar-refractivity contribution in [3.63, 3.8) is 0 Å². The predicted octanol–water partition coefficient (Wildman–Crippen LogP) is 1.48. The third kappa shape index (κ3) is 2.92. The van der Waals surface area contributed by atoms with Crippen molar-refractivity contribution in [2.45, 2.75) is 0 Å². The zero-order valence-electron chi connectivity index (χ0n) is 8.12. The van der Waals surface area contributed by atoms with Crippen LogP contribution in [0, 0.1) is 17.1 Å². The summed E-state index contributed by atoms with van der Waals surface area (Å²) in [4.78, 5) is 11.1. The van der Waals surface area contributed by atoms with Gasteiger partial charge in [-0.3, -0.25) is 4.79 Å². The first-order chi connectivity index (χ1) is 7.17. The summed E-state index contributed by atoms with van der Waals surface area (Å²) in [5.74, 6) is -0.813. The van der Waals surface area contributed by atoms with E-state index < -0.39 is 5.91 Å². The number of likely N-dealkylation sites (N-methyl/N-ethyl adjacent to an activating group) is 1. The van der Waals surface area contributed by atoms with Crippen LogP contribution in [-0.2, 0) is 4.79 Å². The summed E-state index contributed by atoms with van der Waals surface area (Å²) < 4.78 is 12.6. The van der Waals surface area contributed by atoms with Gasteiger partial charge in [0.2, 0.25) is 0 Å². The van der Waals surface area contributed by atoms with Gasteiger partial charge in [0.1, 0.15) is 17.5 Å². The second kappa shape index (κ2) is 4.91. The van der Waals surface area contributed by atoms with Crippen LogP contribution in [0.5, 0.6) is 0 Å². The van der Waals surface area contributed by atoms with Gasteiger partial charge in [0.15, 0.2) is 0 Å². The summed E-state index contributed by atoms with van der Waals surface area (Å²) in [6.45, 7) is 0. The Morgan fingerprint density at radius 1 is 1.47 bits per heavy atom. The highest BCUT2D eigenvalue weighted by Gasteiger charge is 2.05. The first-order valence-corrected chi connectivity index (χ1v) is 4.27. The zero-order valence-corrected chi connectivity index (χ0v) is 8.12. The predicted molar refractivity (Wildman–Crippen MR) is 54.1 cm³/mol. The van der Waals surface area contributed by atoms with Crippen LogP contribution in [0.15, 0.2) is 29.8 Å². The molecule has 0 saturated heterocycles. The van der Waals surface area contributed by atoms with E-state index in [2.05, 4.69) is 5.32 Å². The van der Waals surface area contributed by atoms with Gasteiger partial charge in [0.25, 0.3) is 5.91 Å². The lowest BCUT2D eigenvalue weighted by Crippen LogP contribution is -2.19. The SMILES string of the molecule is CNC(=O)/C(C#N)=C\c1ccc(F)cc1.